The van der Waals surface area contributed by atoms with Crippen molar-refractivity contribution in [3.8, 4) is 0 Å². The number of carbonyl (C=O) groups is 1. The van der Waals surface area contributed by atoms with Gasteiger partial charge in [0.05, 0.1) is 0 Å². The van der Waals surface area contributed by atoms with Crippen molar-refractivity contribution in [1.29, 1.82) is 0 Å². The number of hydrogen-bond acceptors (Lipinski definition) is 3. The molecule has 1 amide bonds. The molecule has 0 unspecified atom stereocenters. The molecule has 6 nitrogen and oxygen atoms in total. The van der Waals surface area contributed by atoms with Crippen LogP contribution in [0.5, 0.6) is 0 Å². The zero-order valence-corrected chi connectivity index (χ0v) is 19.3. The Morgan fingerprint density at radius 2 is 1.89 bits per heavy atom. The Kier molecular flexibility index (Phi) is 10.1. The van der Waals surface area contributed by atoms with E-state index in [0.717, 1.165) is 23.8 Å². The van der Waals surface area contributed by atoms with Gasteiger partial charge in [0.25, 0.3) is 0 Å². The van der Waals surface area contributed by atoms with E-state index in [0.29, 0.717) is 6.54 Å². The SMILES string of the molecule is CN=C(NCc1cccc(NC(C)=O)c1)NCC(C)(C)N1CCCCC1.I. The molecular formula is C20H34IN5O. The number of piperidine rings is 1. The molecule has 7 heteroatoms. The Morgan fingerprint density at radius 1 is 1.19 bits per heavy atom. The van der Waals surface area contributed by atoms with E-state index >= 15 is 0 Å². The van der Waals surface area contributed by atoms with Gasteiger partial charge in [0, 0.05) is 38.3 Å². The molecule has 27 heavy (non-hydrogen) atoms. The first-order valence-electron chi connectivity index (χ1n) is 9.47. The number of anilines is 1. The Morgan fingerprint density at radius 3 is 2.52 bits per heavy atom. The molecule has 0 bridgehead atoms. The van der Waals surface area contributed by atoms with E-state index in [4.69, 9.17) is 0 Å². The fraction of sp³-hybridized carbons (Fsp3) is 0.600. The van der Waals surface area contributed by atoms with Crippen molar-refractivity contribution in [3.05, 3.63) is 29.8 Å². The molecule has 0 spiro atoms. The van der Waals surface area contributed by atoms with E-state index in [1.807, 2.05) is 24.3 Å². The highest BCUT2D eigenvalue weighted by molar-refractivity contribution is 14.0. The molecule has 2 rings (SSSR count). The van der Waals surface area contributed by atoms with E-state index in [1.165, 1.54) is 39.3 Å². The van der Waals surface area contributed by atoms with Gasteiger partial charge in [0.1, 0.15) is 0 Å². The Bertz CT molecular complexity index is 627. The first kappa shape index (κ1) is 23.7. The number of hydrogen-bond donors (Lipinski definition) is 3. The molecule has 1 aromatic rings. The number of aliphatic imine (C=N–C) groups is 1. The van der Waals surface area contributed by atoms with Gasteiger partial charge in [-0.1, -0.05) is 18.6 Å². The number of nitrogens with one attached hydrogen (secondary N) is 3. The number of carbonyl (C=O) groups excluding carboxylic acids is 1. The van der Waals surface area contributed by atoms with Crippen LogP contribution < -0.4 is 16.0 Å². The molecule has 1 aromatic carbocycles. The first-order valence-corrected chi connectivity index (χ1v) is 9.47. The van der Waals surface area contributed by atoms with Crippen LogP contribution in [-0.2, 0) is 11.3 Å². The predicted molar refractivity (Wildman–Crippen MR) is 124 cm³/mol. The lowest BCUT2D eigenvalue weighted by Crippen LogP contribution is -2.54. The number of nitrogens with zero attached hydrogens (tertiary/aromatic N) is 2. The standard InChI is InChI=1S/C20H33N5O.HI/c1-16(26)24-18-10-8-9-17(13-18)14-22-19(21-4)23-15-20(2,3)25-11-6-5-7-12-25;/h8-10,13H,5-7,11-12,14-15H2,1-4H3,(H,24,26)(H2,21,22,23);1H. The highest BCUT2D eigenvalue weighted by Gasteiger charge is 2.27. The van der Waals surface area contributed by atoms with Crippen molar-refractivity contribution in [1.82, 2.24) is 15.5 Å². The molecule has 1 aliphatic heterocycles. The number of halogens is 1. The van der Waals surface area contributed by atoms with Crippen molar-refractivity contribution < 1.29 is 4.79 Å². The van der Waals surface area contributed by atoms with Crippen LogP contribution in [0.2, 0.25) is 0 Å². The van der Waals surface area contributed by atoms with Crippen molar-refractivity contribution in [2.24, 2.45) is 4.99 Å². The molecule has 1 saturated heterocycles. The van der Waals surface area contributed by atoms with Gasteiger partial charge in [0.2, 0.25) is 5.91 Å². The predicted octanol–water partition coefficient (Wildman–Crippen LogP) is 3.19. The summed E-state index contributed by atoms with van der Waals surface area (Å²) >= 11 is 0. The number of likely N-dealkylation sites (tertiary alicyclic amines) is 1. The van der Waals surface area contributed by atoms with Crippen LogP contribution in [0.3, 0.4) is 0 Å². The summed E-state index contributed by atoms with van der Waals surface area (Å²) in [6, 6.07) is 7.83. The maximum absolute atomic E-state index is 11.2. The fourth-order valence-electron chi connectivity index (χ4n) is 3.28. The first-order chi connectivity index (χ1) is 12.4. The molecule has 0 radical (unpaired) electrons. The molecule has 152 valence electrons. The number of benzene rings is 1. The van der Waals surface area contributed by atoms with Crippen LogP contribution >= 0.6 is 24.0 Å². The largest absolute Gasteiger partial charge is 0.355 e. The summed E-state index contributed by atoms with van der Waals surface area (Å²) in [6.07, 6.45) is 3.93. The average Bonchev–Trinajstić information content (AvgIpc) is 2.62. The molecular weight excluding hydrogens is 453 g/mol. The monoisotopic (exact) mass is 487 g/mol. The third-order valence-corrected chi connectivity index (χ3v) is 4.83. The van der Waals surface area contributed by atoms with Crippen LogP contribution in [-0.4, -0.2) is 49.0 Å². The van der Waals surface area contributed by atoms with E-state index < -0.39 is 0 Å². The van der Waals surface area contributed by atoms with Gasteiger partial charge < -0.3 is 16.0 Å². The third-order valence-electron chi connectivity index (χ3n) is 4.83. The van der Waals surface area contributed by atoms with Crippen LogP contribution in [0.4, 0.5) is 5.69 Å². The molecule has 1 aliphatic rings. The highest BCUT2D eigenvalue weighted by atomic mass is 127. The average molecular weight is 487 g/mol. The number of guanidine groups is 1. The van der Waals surface area contributed by atoms with Crippen molar-refractivity contribution in [2.75, 3.05) is 32.0 Å². The zero-order valence-electron chi connectivity index (χ0n) is 17.0. The molecule has 0 atom stereocenters. The molecule has 0 aromatic heterocycles. The van der Waals surface area contributed by atoms with Gasteiger partial charge >= 0.3 is 0 Å². The molecule has 0 aliphatic carbocycles. The van der Waals surface area contributed by atoms with E-state index in [-0.39, 0.29) is 35.4 Å². The quantitative estimate of drug-likeness (QED) is 0.328. The summed E-state index contributed by atoms with van der Waals surface area (Å²) in [4.78, 5) is 18.1. The second-order valence-electron chi connectivity index (χ2n) is 7.52. The van der Waals surface area contributed by atoms with Gasteiger partial charge in [0.15, 0.2) is 5.96 Å². The minimum atomic E-state index is -0.0625. The summed E-state index contributed by atoms with van der Waals surface area (Å²) in [6.45, 7) is 9.94. The zero-order chi connectivity index (χ0) is 19.0. The lowest BCUT2D eigenvalue weighted by Gasteiger charge is -2.41. The van der Waals surface area contributed by atoms with Crippen LogP contribution in [0.15, 0.2) is 29.3 Å². The third kappa shape index (κ3) is 8.04. The summed E-state index contributed by atoms with van der Waals surface area (Å²) < 4.78 is 0. The second kappa shape index (κ2) is 11.5. The summed E-state index contributed by atoms with van der Waals surface area (Å²) in [5, 5.41) is 9.61. The Hall–Kier alpha value is -1.35. The highest BCUT2D eigenvalue weighted by Crippen LogP contribution is 2.19. The molecule has 1 heterocycles. The summed E-state index contributed by atoms with van der Waals surface area (Å²) in [7, 11) is 1.79. The smallest absolute Gasteiger partial charge is 0.221 e. The maximum Gasteiger partial charge on any atom is 0.221 e. The van der Waals surface area contributed by atoms with Gasteiger partial charge in [-0.15, -0.1) is 24.0 Å². The summed E-state index contributed by atoms with van der Waals surface area (Å²) in [5.74, 6) is 0.729. The van der Waals surface area contributed by atoms with Gasteiger partial charge in [-0.2, -0.15) is 0 Å². The Labute approximate surface area is 180 Å². The van der Waals surface area contributed by atoms with Gasteiger partial charge in [-0.05, 0) is 57.5 Å². The lowest BCUT2D eigenvalue weighted by atomic mass is 9.98. The topological polar surface area (TPSA) is 68.8 Å². The Balaban J connectivity index is 0.00000364. The van der Waals surface area contributed by atoms with E-state index in [9.17, 15) is 4.79 Å². The van der Waals surface area contributed by atoms with Crippen LogP contribution in [0.25, 0.3) is 0 Å². The fourth-order valence-corrected chi connectivity index (χ4v) is 3.28. The molecule has 0 saturated carbocycles. The van der Waals surface area contributed by atoms with Crippen LogP contribution in [0, 0.1) is 0 Å². The number of rotatable bonds is 6. The van der Waals surface area contributed by atoms with Crippen molar-refractivity contribution in [3.63, 3.8) is 0 Å². The van der Waals surface area contributed by atoms with Crippen molar-refractivity contribution in [2.45, 2.75) is 52.1 Å². The lowest BCUT2D eigenvalue weighted by molar-refractivity contribution is -0.114. The van der Waals surface area contributed by atoms with Gasteiger partial charge in [-0.25, -0.2) is 0 Å². The minimum Gasteiger partial charge on any atom is -0.355 e. The maximum atomic E-state index is 11.2. The molecule has 1 fully saturated rings. The minimum absolute atomic E-state index is 0. The van der Waals surface area contributed by atoms with Crippen molar-refractivity contribution >= 4 is 41.5 Å². The summed E-state index contributed by atoms with van der Waals surface area (Å²) in [5.41, 5.74) is 2.00. The van der Waals surface area contributed by atoms with Gasteiger partial charge in [-0.3, -0.25) is 14.7 Å². The van der Waals surface area contributed by atoms with E-state index in [1.54, 1.807) is 7.05 Å². The second-order valence-corrected chi connectivity index (χ2v) is 7.52. The van der Waals surface area contributed by atoms with Crippen LogP contribution in [0.1, 0.15) is 45.6 Å². The normalized spacial score (nSPS) is 15.6. The molecule has 3 N–H and O–H groups in total. The number of amides is 1. The van der Waals surface area contributed by atoms with E-state index in [2.05, 4.69) is 39.7 Å².